The van der Waals surface area contributed by atoms with Crippen molar-refractivity contribution in [1.82, 2.24) is 14.9 Å². The Morgan fingerprint density at radius 3 is 3.23 bits per heavy atom. The number of unbranched alkanes of at least 4 members (excludes halogenated alkanes) is 2. The number of halogens is 1. The molecule has 1 aliphatic rings. The summed E-state index contributed by atoms with van der Waals surface area (Å²) >= 11 is 3.17. The fourth-order valence-electron chi connectivity index (χ4n) is 0.968. The third kappa shape index (κ3) is 4.17. The van der Waals surface area contributed by atoms with Gasteiger partial charge < -0.3 is 5.32 Å². The lowest BCUT2D eigenvalue weighted by Crippen LogP contribution is -2.32. The monoisotopic (exact) mass is 245 g/mol. The molecule has 2 N–H and O–H groups in total. The smallest absolute Gasteiger partial charge is 0.158 e. The minimum Gasteiger partial charge on any atom is -0.368 e. The van der Waals surface area contributed by atoms with Crippen LogP contribution in [-0.2, 0) is 0 Å². The van der Waals surface area contributed by atoms with E-state index in [1.807, 2.05) is 0 Å². The van der Waals surface area contributed by atoms with Crippen LogP contribution < -0.4 is 10.7 Å². The van der Waals surface area contributed by atoms with Crippen LogP contribution in [0.4, 0.5) is 0 Å². The molecular formula is C8H14BrN4. The molecule has 0 aliphatic carbocycles. The van der Waals surface area contributed by atoms with Crippen LogP contribution in [0.1, 0.15) is 26.2 Å². The van der Waals surface area contributed by atoms with E-state index in [9.17, 15) is 0 Å². The minimum atomic E-state index is 0.756. The molecule has 0 bridgehead atoms. The lowest BCUT2D eigenvalue weighted by atomic mass is 10.2. The van der Waals surface area contributed by atoms with Crippen LogP contribution in [0.3, 0.4) is 0 Å². The van der Waals surface area contributed by atoms with E-state index in [0.717, 1.165) is 12.4 Å². The van der Waals surface area contributed by atoms with Gasteiger partial charge in [-0.3, -0.25) is 5.43 Å². The van der Waals surface area contributed by atoms with E-state index in [1.165, 1.54) is 23.4 Å². The Kier molecular flexibility index (Phi) is 4.67. The number of hydrazone groups is 1. The average Bonchev–Trinajstić information content (AvgIpc) is 2.13. The van der Waals surface area contributed by atoms with E-state index in [-0.39, 0.29) is 0 Å². The summed E-state index contributed by atoms with van der Waals surface area (Å²) in [6.07, 6.45) is 8.32. The van der Waals surface area contributed by atoms with Crippen LogP contribution in [0.5, 0.6) is 0 Å². The molecule has 0 aromatic carbocycles. The second-order valence-electron chi connectivity index (χ2n) is 2.76. The van der Waals surface area contributed by atoms with E-state index in [0.29, 0.717) is 0 Å². The van der Waals surface area contributed by atoms with Crippen molar-refractivity contribution < 1.29 is 0 Å². The van der Waals surface area contributed by atoms with Crippen molar-refractivity contribution in [3.05, 3.63) is 12.3 Å². The summed E-state index contributed by atoms with van der Waals surface area (Å²) in [6.45, 7) is 3.14. The van der Waals surface area contributed by atoms with Gasteiger partial charge in [-0.2, -0.15) is 0 Å². The number of nitrogens with one attached hydrogen (secondary N) is 2. The highest BCUT2D eigenvalue weighted by Gasteiger charge is 2.01. The molecule has 0 saturated heterocycles. The Morgan fingerprint density at radius 2 is 2.54 bits per heavy atom. The molecule has 0 atom stereocenters. The molecule has 0 spiro atoms. The molecule has 4 nitrogen and oxygen atoms in total. The zero-order valence-electron chi connectivity index (χ0n) is 7.68. The van der Waals surface area contributed by atoms with Gasteiger partial charge in [-0.1, -0.05) is 19.8 Å². The maximum Gasteiger partial charge on any atom is 0.158 e. The first-order valence-corrected chi connectivity index (χ1v) is 5.16. The van der Waals surface area contributed by atoms with Gasteiger partial charge in [0.25, 0.3) is 0 Å². The van der Waals surface area contributed by atoms with Crippen LogP contribution >= 0.6 is 16.1 Å². The number of hydrazine groups is 1. The van der Waals surface area contributed by atoms with Gasteiger partial charge in [-0.25, -0.2) is 0 Å². The Morgan fingerprint density at radius 1 is 1.69 bits per heavy atom. The van der Waals surface area contributed by atoms with Gasteiger partial charge in [0.2, 0.25) is 0 Å². The molecular weight excluding hydrogens is 232 g/mol. The second-order valence-corrected chi connectivity index (χ2v) is 3.43. The number of nitrogens with zero attached hydrogens (tertiary/aromatic N) is 2. The van der Waals surface area contributed by atoms with Crippen LogP contribution in [0.15, 0.2) is 11.3 Å². The molecule has 1 radical (unpaired) electrons. The zero-order chi connectivity index (χ0) is 9.52. The van der Waals surface area contributed by atoms with E-state index in [4.69, 9.17) is 0 Å². The molecule has 73 valence electrons. The van der Waals surface area contributed by atoms with Crippen LogP contribution in [0.2, 0.25) is 0 Å². The van der Waals surface area contributed by atoms with Crippen LogP contribution in [0.25, 0.3) is 0 Å². The number of hydrogen-bond donors (Lipinski definition) is 2. The van der Waals surface area contributed by atoms with Crippen molar-refractivity contribution in [3.8, 4) is 0 Å². The first-order valence-electron chi connectivity index (χ1n) is 4.45. The molecule has 1 rings (SSSR count). The maximum absolute atomic E-state index is 4.08. The third-order valence-corrected chi connectivity index (χ3v) is 2.00. The van der Waals surface area contributed by atoms with Gasteiger partial charge in [-0.05, 0) is 6.42 Å². The first kappa shape index (κ1) is 10.4. The van der Waals surface area contributed by atoms with Gasteiger partial charge in [0, 0.05) is 18.8 Å². The molecule has 0 aromatic rings. The molecule has 1 heterocycles. The average molecular weight is 246 g/mol. The predicted molar refractivity (Wildman–Crippen MR) is 56.7 cm³/mol. The van der Waals surface area contributed by atoms with E-state index < -0.39 is 0 Å². The van der Waals surface area contributed by atoms with Crippen molar-refractivity contribution in [1.29, 1.82) is 0 Å². The van der Waals surface area contributed by atoms with E-state index in [1.54, 1.807) is 6.20 Å². The molecule has 0 unspecified atom stereocenters. The normalized spacial score (nSPS) is 15.2. The molecule has 5 heteroatoms. The molecule has 0 fully saturated rings. The maximum atomic E-state index is 4.08. The summed E-state index contributed by atoms with van der Waals surface area (Å²) in [4.78, 5) is 0. The summed E-state index contributed by atoms with van der Waals surface area (Å²) in [5.41, 5.74) is 2.80. The van der Waals surface area contributed by atoms with Crippen molar-refractivity contribution in [2.75, 3.05) is 6.54 Å². The van der Waals surface area contributed by atoms with E-state index >= 15 is 0 Å². The van der Waals surface area contributed by atoms with E-state index in [2.05, 4.69) is 45.0 Å². The van der Waals surface area contributed by atoms with Crippen molar-refractivity contribution in [2.24, 2.45) is 5.10 Å². The molecule has 0 aromatic heterocycles. The zero-order valence-corrected chi connectivity index (χ0v) is 9.26. The van der Waals surface area contributed by atoms with Gasteiger partial charge in [0.15, 0.2) is 5.84 Å². The van der Waals surface area contributed by atoms with Gasteiger partial charge in [0.05, 0.1) is 16.1 Å². The van der Waals surface area contributed by atoms with Gasteiger partial charge in [0.1, 0.15) is 0 Å². The minimum absolute atomic E-state index is 0.756. The molecule has 1 aliphatic heterocycles. The SMILES string of the molecule is CCCCCNC1=NN(Br)NC=[C]1. The summed E-state index contributed by atoms with van der Waals surface area (Å²) in [6, 6.07) is 0. The number of rotatable bonds is 4. The quantitative estimate of drug-likeness (QED) is 0.583. The Bertz CT molecular complexity index is 202. The lowest BCUT2D eigenvalue weighted by Gasteiger charge is -2.15. The third-order valence-electron chi connectivity index (χ3n) is 1.64. The Hall–Kier alpha value is -0.710. The van der Waals surface area contributed by atoms with Crippen LogP contribution in [0, 0.1) is 6.08 Å². The first-order chi connectivity index (χ1) is 6.33. The van der Waals surface area contributed by atoms with Gasteiger partial charge in [-0.15, -0.1) is 9.25 Å². The highest BCUT2D eigenvalue weighted by atomic mass is 79.9. The van der Waals surface area contributed by atoms with Crippen molar-refractivity contribution in [2.45, 2.75) is 26.2 Å². The predicted octanol–water partition coefficient (Wildman–Crippen LogP) is 1.53. The second kappa shape index (κ2) is 5.85. The lowest BCUT2D eigenvalue weighted by molar-refractivity contribution is 0.441. The summed E-state index contributed by atoms with van der Waals surface area (Å²) in [5, 5.41) is 7.26. The van der Waals surface area contributed by atoms with Crippen molar-refractivity contribution >= 4 is 22.0 Å². The highest BCUT2D eigenvalue weighted by molar-refractivity contribution is 9.07. The Labute approximate surface area is 87.4 Å². The Balaban J connectivity index is 2.17. The fourth-order valence-corrected chi connectivity index (χ4v) is 1.23. The summed E-state index contributed by atoms with van der Waals surface area (Å²) in [7, 11) is 0. The number of hydrogen-bond acceptors (Lipinski definition) is 4. The van der Waals surface area contributed by atoms with Crippen molar-refractivity contribution in [3.63, 3.8) is 0 Å². The standard InChI is InChI=1S/C8H14BrN4/c1-2-3-4-6-10-8-5-7-11-13(9)12-8/h7,11H,2-4,6H2,1H3,(H,10,12). The fraction of sp³-hybridized carbons (Fsp3) is 0.625. The summed E-state index contributed by atoms with van der Waals surface area (Å²) < 4.78 is 1.46. The summed E-state index contributed by atoms with van der Waals surface area (Å²) in [5.74, 6) is 0.756. The van der Waals surface area contributed by atoms with Gasteiger partial charge >= 0.3 is 0 Å². The van der Waals surface area contributed by atoms with Crippen LogP contribution in [-0.4, -0.2) is 16.5 Å². The molecule has 0 saturated carbocycles. The molecule has 0 amide bonds. The molecule has 13 heavy (non-hydrogen) atoms. The highest BCUT2D eigenvalue weighted by Crippen LogP contribution is 1.98. The largest absolute Gasteiger partial charge is 0.368 e. The topological polar surface area (TPSA) is 39.7 Å². The number of amidine groups is 1.